The summed E-state index contributed by atoms with van der Waals surface area (Å²) in [7, 11) is 1.76. The van der Waals surface area contributed by atoms with Gasteiger partial charge in [0.15, 0.2) is 17.5 Å². The third kappa shape index (κ3) is 6.74. The highest BCUT2D eigenvalue weighted by Crippen LogP contribution is 2.32. The normalized spacial score (nSPS) is 12.1. The van der Waals surface area contributed by atoms with E-state index >= 15 is 0 Å². The number of nitrogens with zero attached hydrogens (tertiary/aromatic N) is 2. The molecular weight excluding hydrogens is 519 g/mol. The molecule has 0 spiro atoms. The Morgan fingerprint density at radius 2 is 1.81 bits per heavy atom. The number of rotatable bonds is 8. The smallest absolute Gasteiger partial charge is 0.231 e. The predicted molar refractivity (Wildman–Crippen MR) is 135 cm³/mol. The first-order valence-electron chi connectivity index (χ1n) is 10.2. The Morgan fingerprint density at radius 3 is 2.66 bits per heavy atom. The molecular formula is C24H27IN4O3. The van der Waals surface area contributed by atoms with E-state index in [0.29, 0.717) is 25.8 Å². The Balaban J connectivity index is 0.00000289. The summed E-state index contributed by atoms with van der Waals surface area (Å²) in [5.74, 6) is 2.96. The quantitative estimate of drug-likeness (QED) is 0.254. The lowest BCUT2D eigenvalue weighted by atomic mass is 10.1. The zero-order valence-corrected chi connectivity index (χ0v) is 20.2. The lowest BCUT2D eigenvalue weighted by molar-refractivity contribution is 0.174. The Hall–Kier alpha value is -3.01. The van der Waals surface area contributed by atoms with Crippen LogP contribution in [0.5, 0.6) is 17.4 Å². The molecule has 168 valence electrons. The number of guanidine groups is 1. The SMILES string of the molecule is CN=C(NCCc1ccc2c(c1)OCO2)NCc1ccnc(OCc2ccccc2)c1.I. The molecule has 0 radical (unpaired) electrons. The van der Waals surface area contributed by atoms with Crippen LogP contribution >= 0.6 is 24.0 Å². The topological polar surface area (TPSA) is 77.0 Å². The van der Waals surface area contributed by atoms with Crippen molar-refractivity contribution in [2.45, 2.75) is 19.6 Å². The molecule has 0 saturated carbocycles. The number of hydrogen-bond donors (Lipinski definition) is 2. The molecule has 1 aromatic heterocycles. The first-order chi connectivity index (χ1) is 15.3. The highest BCUT2D eigenvalue weighted by Gasteiger charge is 2.13. The maximum absolute atomic E-state index is 5.81. The number of benzene rings is 2. The molecule has 0 saturated heterocycles. The second kappa shape index (κ2) is 12.1. The average Bonchev–Trinajstić information content (AvgIpc) is 3.29. The maximum Gasteiger partial charge on any atom is 0.231 e. The van der Waals surface area contributed by atoms with Crippen molar-refractivity contribution >= 4 is 29.9 Å². The van der Waals surface area contributed by atoms with Crippen molar-refractivity contribution in [2.75, 3.05) is 20.4 Å². The van der Waals surface area contributed by atoms with E-state index in [-0.39, 0.29) is 24.0 Å². The number of fused-ring (bicyclic) bond motifs is 1. The average molecular weight is 546 g/mol. The third-order valence-corrected chi connectivity index (χ3v) is 4.86. The highest BCUT2D eigenvalue weighted by molar-refractivity contribution is 14.0. The number of halogens is 1. The molecule has 2 N–H and O–H groups in total. The van der Waals surface area contributed by atoms with Crippen LogP contribution in [0, 0.1) is 0 Å². The van der Waals surface area contributed by atoms with Crippen LogP contribution in [0.3, 0.4) is 0 Å². The molecule has 4 rings (SSSR count). The number of pyridine rings is 1. The zero-order valence-electron chi connectivity index (χ0n) is 17.9. The van der Waals surface area contributed by atoms with E-state index in [0.717, 1.165) is 41.6 Å². The standard InChI is InChI=1S/C24H26N4O3.HI/c1-25-24(27-12-9-18-7-8-21-22(13-18)31-17-30-21)28-15-20-10-11-26-23(14-20)29-16-19-5-3-2-4-6-19;/h2-8,10-11,13-14H,9,12,15-17H2,1H3,(H2,25,27,28);1H. The van der Waals surface area contributed by atoms with Gasteiger partial charge in [0.1, 0.15) is 6.61 Å². The van der Waals surface area contributed by atoms with Crippen LogP contribution in [0.25, 0.3) is 0 Å². The molecule has 0 amide bonds. The predicted octanol–water partition coefficient (Wildman–Crippen LogP) is 3.92. The van der Waals surface area contributed by atoms with Crippen molar-refractivity contribution in [1.29, 1.82) is 0 Å². The van der Waals surface area contributed by atoms with Crippen LogP contribution in [0.1, 0.15) is 16.7 Å². The van der Waals surface area contributed by atoms with Gasteiger partial charge in [-0.25, -0.2) is 4.98 Å². The molecule has 8 heteroatoms. The molecule has 32 heavy (non-hydrogen) atoms. The van der Waals surface area contributed by atoms with Gasteiger partial charge in [-0.2, -0.15) is 0 Å². The summed E-state index contributed by atoms with van der Waals surface area (Å²) in [4.78, 5) is 8.59. The Kier molecular flexibility index (Phi) is 8.97. The van der Waals surface area contributed by atoms with Gasteiger partial charge >= 0.3 is 0 Å². The van der Waals surface area contributed by atoms with Crippen molar-refractivity contribution in [2.24, 2.45) is 4.99 Å². The summed E-state index contributed by atoms with van der Waals surface area (Å²) in [6.07, 6.45) is 2.61. The van der Waals surface area contributed by atoms with E-state index in [9.17, 15) is 0 Å². The van der Waals surface area contributed by atoms with Crippen molar-refractivity contribution in [1.82, 2.24) is 15.6 Å². The molecule has 2 aromatic carbocycles. The van der Waals surface area contributed by atoms with Crippen molar-refractivity contribution in [3.63, 3.8) is 0 Å². The second-order valence-corrected chi connectivity index (χ2v) is 7.07. The van der Waals surface area contributed by atoms with Gasteiger partial charge < -0.3 is 24.8 Å². The molecule has 0 atom stereocenters. The molecule has 2 heterocycles. The molecule has 1 aliphatic heterocycles. The number of nitrogens with one attached hydrogen (secondary N) is 2. The number of aromatic nitrogens is 1. The second-order valence-electron chi connectivity index (χ2n) is 7.07. The molecule has 0 aliphatic carbocycles. The fourth-order valence-corrected chi connectivity index (χ4v) is 3.20. The number of hydrogen-bond acceptors (Lipinski definition) is 5. The fourth-order valence-electron chi connectivity index (χ4n) is 3.20. The minimum atomic E-state index is 0. The molecule has 0 bridgehead atoms. The zero-order chi connectivity index (χ0) is 21.3. The van der Waals surface area contributed by atoms with Crippen molar-refractivity contribution in [3.05, 3.63) is 83.6 Å². The van der Waals surface area contributed by atoms with Crippen LogP contribution in [0.15, 0.2) is 71.9 Å². The van der Waals surface area contributed by atoms with Gasteiger partial charge in [0, 0.05) is 32.4 Å². The number of ether oxygens (including phenoxy) is 3. The summed E-state index contributed by atoms with van der Waals surface area (Å²) in [5, 5.41) is 6.66. The molecule has 0 fully saturated rings. The largest absolute Gasteiger partial charge is 0.473 e. The van der Waals surface area contributed by atoms with Gasteiger partial charge in [0.25, 0.3) is 0 Å². The van der Waals surface area contributed by atoms with Gasteiger partial charge in [-0.15, -0.1) is 24.0 Å². The van der Waals surface area contributed by atoms with Crippen LogP contribution in [0.2, 0.25) is 0 Å². The Morgan fingerprint density at radius 1 is 0.969 bits per heavy atom. The highest BCUT2D eigenvalue weighted by atomic mass is 127. The van der Waals surface area contributed by atoms with Crippen molar-refractivity contribution in [3.8, 4) is 17.4 Å². The van der Waals surface area contributed by atoms with E-state index in [2.05, 4.69) is 26.7 Å². The summed E-state index contributed by atoms with van der Waals surface area (Å²) in [6.45, 7) is 2.16. The fraction of sp³-hybridized carbons (Fsp3) is 0.250. The molecule has 0 unspecified atom stereocenters. The first-order valence-corrected chi connectivity index (χ1v) is 10.2. The summed E-state index contributed by atoms with van der Waals surface area (Å²) in [5.41, 5.74) is 3.36. The van der Waals surface area contributed by atoms with Gasteiger partial charge in [-0.05, 0) is 41.3 Å². The monoisotopic (exact) mass is 546 g/mol. The van der Waals surface area contributed by atoms with E-state index in [4.69, 9.17) is 14.2 Å². The lowest BCUT2D eigenvalue weighted by Crippen LogP contribution is -2.37. The summed E-state index contributed by atoms with van der Waals surface area (Å²) < 4.78 is 16.6. The molecule has 7 nitrogen and oxygen atoms in total. The Labute approximate surface area is 205 Å². The van der Waals surface area contributed by atoms with Crippen LogP contribution < -0.4 is 24.8 Å². The van der Waals surface area contributed by atoms with E-state index in [1.807, 2.05) is 54.6 Å². The van der Waals surface area contributed by atoms with Gasteiger partial charge in [-0.1, -0.05) is 36.4 Å². The Bertz CT molecular complexity index is 1030. The first kappa shape index (κ1) is 23.6. The van der Waals surface area contributed by atoms with Crippen LogP contribution in [0.4, 0.5) is 0 Å². The van der Waals surface area contributed by atoms with Gasteiger partial charge in [0.05, 0.1) is 0 Å². The van der Waals surface area contributed by atoms with Crippen LogP contribution in [-0.4, -0.2) is 31.3 Å². The van der Waals surface area contributed by atoms with Gasteiger partial charge in [-0.3, -0.25) is 4.99 Å². The van der Waals surface area contributed by atoms with E-state index in [1.54, 1.807) is 13.2 Å². The van der Waals surface area contributed by atoms with E-state index in [1.165, 1.54) is 5.56 Å². The van der Waals surface area contributed by atoms with Gasteiger partial charge in [0.2, 0.25) is 12.7 Å². The van der Waals surface area contributed by atoms with E-state index < -0.39 is 0 Å². The third-order valence-electron chi connectivity index (χ3n) is 4.86. The minimum Gasteiger partial charge on any atom is -0.473 e. The minimum absolute atomic E-state index is 0. The molecule has 1 aliphatic rings. The number of aliphatic imine (C=N–C) groups is 1. The lowest BCUT2D eigenvalue weighted by Gasteiger charge is -2.13. The van der Waals surface area contributed by atoms with Crippen LogP contribution in [-0.2, 0) is 19.6 Å². The summed E-state index contributed by atoms with van der Waals surface area (Å²) >= 11 is 0. The summed E-state index contributed by atoms with van der Waals surface area (Å²) in [6, 6.07) is 20.0. The maximum atomic E-state index is 5.81. The molecule has 3 aromatic rings. The van der Waals surface area contributed by atoms with Crippen molar-refractivity contribution < 1.29 is 14.2 Å².